The van der Waals surface area contributed by atoms with Crippen LogP contribution >= 0.6 is 24.0 Å². The lowest BCUT2D eigenvalue weighted by Gasteiger charge is -2.33. The highest BCUT2D eigenvalue weighted by atomic mass is 127. The first-order valence-corrected chi connectivity index (χ1v) is 7.33. The summed E-state index contributed by atoms with van der Waals surface area (Å²) in [7, 11) is 4.11. The van der Waals surface area contributed by atoms with Crippen molar-refractivity contribution < 1.29 is 0 Å². The topological polar surface area (TPSA) is 30.9 Å². The van der Waals surface area contributed by atoms with Gasteiger partial charge in [0.1, 0.15) is 0 Å². The first-order chi connectivity index (χ1) is 8.69. The molecule has 2 heterocycles. The molecule has 2 aliphatic heterocycles. The van der Waals surface area contributed by atoms with E-state index in [1.165, 1.54) is 32.4 Å². The minimum absolute atomic E-state index is 0. The molecule has 2 fully saturated rings. The summed E-state index contributed by atoms with van der Waals surface area (Å²) in [5.74, 6) is 2.77. The summed E-state index contributed by atoms with van der Waals surface area (Å²) in [6, 6.07) is 0. The van der Waals surface area contributed by atoms with Crippen LogP contribution in [0.5, 0.6) is 0 Å². The fourth-order valence-electron chi connectivity index (χ4n) is 2.98. The van der Waals surface area contributed by atoms with Crippen molar-refractivity contribution in [2.45, 2.75) is 26.2 Å². The lowest BCUT2D eigenvalue weighted by Crippen LogP contribution is -2.46. The maximum Gasteiger partial charge on any atom is 0.193 e. The summed E-state index contributed by atoms with van der Waals surface area (Å²) in [6.07, 6.45) is 3.91. The van der Waals surface area contributed by atoms with Crippen LogP contribution < -0.4 is 5.32 Å². The average Bonchev–Trinajstić information content (AvgIpc) is 2.78. The van der Waals surface area contributed by atoms with Gasteiger partial charge in [0.05, 0.1) is 0 Å². The van der Waals surface area contributed by atoms with E-state index in [0.717, 1.165) is 37.4 Å². The summed E-state index contributed by atoms with van der Waals surface area (Å²) in [4.78, 5) is 9.26. The van der Waals surface area contributed by atoms with E-state index in [0.29, 0.717) is 0 Å². The van der Waals surface area contributed by atoms with E-state index in [2.05, 4.69) is 34.1 Å². The van der Waals surface area contributed by atoms with Crippen LogP contribution in [0.4, 0.5) is 0 Å². The molecule has 0 aromatic heterocycles. The number of hydrogen-bond donors (Lipinski definition) is 1. The smallest absolute Gasteiger partial charge is 0.193 e. The zero-order chi connectivity index (χ0) is 13.0. The summed E-state index contributed by atoms with van der Waals surface area (Å²) in [6.45, 7) is 8.20. The number of guanidine groups is 1. The largest absolute Gasteiger partial charge is 0.356 e. The van der Waals surface area contributed by atoms with E-state index in [4.69, 9.17) is 0 Å². The van der Waals surface area contributed by atoms with E-state index in [-0.39, 0.29) is 24.0 Å². The fraction of sp³-hybridized carbons (Fsp3) is 0.929. The molecule has 4 nitrogen and oxygen atoms in total. The van der Waals surface area contributed by atoms with Crippen LogP contribution in [0.15, 0.2) is 4.99 Å². The Morgan fingerprint density at radius 1 is 1.21 bits per heavy atom. The summed E-state index contributed by atoms with van der Waals surface area (Å²) >= 11 is 0. The monoisotopic (exact) mass is 380 g/mol. The molecule has 0 radical (unpaired) electrons. The first kappa shape index (κ1) is 17.0. The predicted octanol–water partition coefficient (Wildman–Crippen LogP) is 1.86. The molecule has 112 valence electrons. The number of nitrogens with one attached hydrogen (secondary N) is 1. The summed E-state index contributed by atoms with van der Waals surface area (Å²) in [5.41, 5.74) is 0. The van der Waals surface area contributed by atoms with Gasteiger partial charge < -0.3 is 15.1 Å². The van der Waals surface area contributed by atoms with Crippen LogP contribution in [-0.2, 0) is 0 Å². The number of aliphatic imine (C=N–C) groups is 1. The van der Waals surface area contributed by atoms with Gasteiger partial charge in [0, 0.05) is 33.2 Å². The van der Waals surface area contributed by atoms with Gasteiger partial charge >= 0.3 is 0 Å². The third-order valence-corrected chi connectivity index (χ3v) is 4.33. The number of nitrogens with zero attached hydrogens (tertiary/aromatic N) is 3. The molecule has 0 aromatic rings. The van der Waals surface area contributed by atoms with Gasteiger partial charge in [0.25, 0.3) is 0 Å². The quantitative estimate of drug-likeness (QED) is 0.451. The van der Waals surface area contributed by atoms with Gasteiger partial charge in [0.2, 0.25) is 0 Å². The van der Waals surface area contributed by atoms with Gasteiger partial charge in [0.15, 0.2) is 5.96 Å². The maximum absolute atomic E-state index is 4.43. The molecule has 2 aliphatic rings. The third kappa shape index (κ3) is 5.10. The van der Waals surface area contributed by atoms with Gasteiger partial charge in [-0.05, 0) is 44.7 Å². The van der Waals surface area contributed by atoms with Crippen LogP contribution in [0.3, 0.4) is 0 Å². The van der Waals surface area contributed by atoms with Crippen LogP contribution in [0, 0.1) is 11.8 Å². The Morgan fingerprint density at radius 3 is 2.42 bits per heavy atom. The van der Waals surface area contributed by atoms with Crippen molar-refractivity contribution >= 4 is 29.9 Å². The third-order valence-electron chi connectivity index (χ3n) is 4.33. The Hall–Kier alpha value is -0.0400. The molecule has 0 bridgehead atoms. The van der Waals surface area contributed by atoms with E-state index in [9.17, 15) is 0 Å². The number of likely N-dealkylation sites (tertiary alicyclic amines) is 2. The molecule has 1 unspecified atom stereocenters. The van der Waals surface area contributed by atoms with Gasteiger partial charge in [-0.3, -0.25) is 4.99 Å². The molecule has 2 rings (SSSR count). The van der Waals surface area contributed by atoms with E-state index in [1.54, 1.807) is 0 Å². The SMILES string of the molecule is CN=C(NCC1CCN(C)C1)N1CCC(C)CC1.I. The van der Waals surface area contributed by atoms with Crippen LogP contribution in [0.1, 0.15) is 26.2 Å². The molecule has 0 aliphatic carbocycles. The van der Waals surface area contributed by atoms with Crippen molar-refractivity contribution in [2.75, 3.05) is 46.8 Å². The first-order valence-electron chi connectivity index (χ1n) is 7.33. The Bertz CT molecular complexity index is 287. The summed E-state index contributed by atoms with van der Waals surface area (Å²) in [5, 5.41) is 3.57. The molecule has 2 saturated heterocycles. The zero-order valence-corrected chi connectivity index (χ0v) is 14.9. The van der Waals surface area contributed by atoms with Gasteiger partial charge in [-0.2, -0.15) is 0 Å². The molecule has 0 amide bonds. The zero-order valence-electron chi connectivity index (χ0n) is 12.6. The second-order valence-electron chi connectivity index (χ2n) is 6.01. The summed E-state index contributed by atoms with van der Waals surface area (Å²) < 4.78 is 0. The standard InChI is InChI=1S/C14H28N4.HI/c1-12-4-8-18(9-5-12)14(15-2)16-10-13-6-7-17(3)11-13;/h12-13H,4-11H2,1-3H3,(H,15,16);1H. The molecular weight excluding hydrogens is 351 g/mol. The molecule has 5 heteroatoms. The van der Waals surface area contributed by atoms with Crippen LogP contribution in [0.2, 0.25) is 0 Å². The van der Waals surface area contributed by atoms with Gasteiger partial charge in [-0.1, -0.05) is 6.92 Å². The predicted molar refractivity (Wildman–Crippen MR) is 92.4 cm³/mol. The second-order valence-corrected chi connectivity index (χ2v) is 6.01. The van der Waals surface area contributed by atoms with E-state index in [1.807, 2.05) is 7.05 Å². The molecule has 1 atom stereocenters. The number of piperidine rings is 1. The van der Waals surface area contributed by atoms with Gasteiger partial charge in [-0.25, -0.2) is 0 Å². The number of hydrogen-bond acceptors (Lipinski definition) is 2. The van der Waals surface area contributed by atoms with Crippen molar-refractivity contribution in [2.24, 2.45) is 16.8 Å². The maximum atomic E-state index is 4.43. The molecule has 0 saturated carbocycles. The van der Waals surface area contributed by atoms with E-state index < -0.39 is 0 Å². The molecule has 19 heavy (non-hydrogen) atoms. The van der Waals surface area contributed by atoms with Crippen molar-refractivity contribution in [3.8, 4) is 0 Å². The second kappa shape index (κ2) is 8.29. The number of rotatable bonds is 2. The highest BCUT2D eigenvalue weighted by molar-refractivity contribution is 14.0. The average molecular weight is 380 g/mol. The van der Waals surface area contributed by atoms with Crippen molar-refractivity contribution in [1.29, 1.82) is 0 Å². The molecule has 0 aromatic carbocycles. The van der Waals surface area contributed by atoms with E-state index >= 15 is 0 Å². The highest BCUT2D eigenvalue weighted by Gasteiger charge is 2.22. The normalized spacial score (nSPS) is 26.4. The van der Waals surface area contributed by atoms with Crippen molar-refractivity contribution in [3.05, 3.63) is 0 Å². The molecular formula is C14H29IN4. The highest BCUT2D eigenvalue weighted by Crippen LogP contribution is 2.16. The van der Waals surface area contributed by atoms with Gasteiger partial charge in [-0.15, -0.1) is 24.0 Å². The van der Waals surface area contributed by atoms with Crippen LogP contribution in [-0.4, -0.2) is 62.6 Å². The Kier molecular flexibility index (Phi) is 7.42. The minimum atomic E-state index is 0. The number of halogens is 1. The van der Waals surface area contributed by atoms with Crippen LogP contribution in [0.25, 0.3) is 0 Å². The minimum Gasteiger partial charge on any atom is -0.356 e. The fourth-order valence-corrected chi connectivity index (χ4v) is 2.98. The van der Waals surface area contributed by atoms with Crippen molar-refractivity contribution in [3.63, 3.8) is 0 Å². The lowest BCUT2D eigenvalue weighted by molar-refractivity contribution is 0.272. The Balaban J connectivity index is 0.00000180. The Labute approximate surface area is 135 Å². The Morgan fingerprint density at radius 2 is 1.89 bits per heavy atom. The lowest BCUT2D eigenvalue weighted by atomic mass is 9.99. The molecule has 0 spiro atoms. The van der Waals surface area contributed by atoms with Crippen molar-refractivity contribution in [1.82, 2.24) is 15.1 Å². The molecule has 1 N–H and O–H groups in total.